The molecule has 2 aromatic carbocycles. The highest BCUT2D eigenvalue weighted by atomic mass is 32.1. The highest BCUT2D eigenvalue weighted by Gasteiger charge is 2.18. The van der Waals surface area contributed by atoms with Crippen LogP contribution in [-0.2, 0) is 0 Å². The first kappa shape index (κ1) is 21.8. The third-order valence-corrected chi connectivity index (χ3v) is 5.23. The van der Waals surface area contributed by atoms with E-state index in [1.54, 1.807) is 38.1 Å². The Morgan fingerprint density at radius 3 is 2.43 bits per heavy atom. The van der Waals surface area contributed by atoms with E-state index >= 15 is 0 Å². The fraction of sp³-hybridized carbons (Fsp3) is 0.273. The van der Waals surface area contributed by atoms with E-state index in [2.05, 4.69) is 10.3 Å². The molecule has 8 heteroatoms. The zero-order valence-corrected chi connectivity index (χ0v) is 18.0. The van der Waals surface area contributed by atoms with Crippen LogP contribution in [0.4, 0.5) is 15.2 Å². The number of nitrogens with one attached hydrogen (secondary N) is 1. The summed E-state index contributed by atoms with van der Waals surface area (Å²) < 4.78 is 23.5. The van der Waals surface area contributed by atoms with E-state index in [0.717, 1.165) is 17.0 Å². The summed E-state index contributed by atoms with van der Waals surface area (Å²) in [7, 11) is 5.68. The van der Waals surface area contributed by atoms with E-state index in [4.69, 9.17) is 17.3 Å². The molecule has 0 fully saturated rings. The minimum Gasteiger partial charge on any atom is -0.500 e. The van der Waals surface area contributed by atoms with Gasteiger partial charge in [0.05, 0.1) is 16.6 Å². The minimum absolute atomic E-state index is 0.144. The first-order valence-electron chi connectivity index (χ1n) is 9.45. The lowest BCUT2D eigenvalue weighted by Gasteiger charge is -2.13. The fourth-order valence-corrected chi connectivity index (χ4v) is 3.80. The van der Waals surface area contributed by atoms with Crippen LogP contribution in [0.2, 0.25) is 0 Å². The number of carbonyl (C=O) groups is 1. The van der Waals surface area contributed by atoms with Crippen molar-refractivity contribution in [3.8, 4) is 11.5 Å². The number of ketones is 1. The molecule has 2 unspecified atom stereocenters. The first-order chi connectivity index (χ1) is 14.2. The number of thiazole rings is 1. The van der Waals surface area contributed by atoms with Gasteiger partial charge in [0.25, 0.3) is 0 Å². The van der Waals surface area contributed by atoms with Crippen LogP contribution in [0.5, 0.6) is 11.5 Å². The maximum absolute atomic E-state index is 12.9. The lowest BCUT2D eigenvalue weighted by molar-refractivity contribution is 0.0860. The number of hydrogen-bond donors (Lipinski definition) is 1. The normalized spacial score (nSPS) is 12.8. The second-order valence-corrected chi connectivity index (χ2v) is 7.88. The number of halogens is 1. The molecule has 0 spiro atoms. The van der Waals surface area contributed by atoms with E-state index in [1.807, 2.05) is 25.1 Å². The SMILES string of the molecule is [B]C(C)Oc1ccc(Nc2nc(C)c(C(=O)c3ccc(OC(C)F)cc3)s2)cc1C. The second kappa shape index (κ2) is 9.30. The van der Waals surface area contributed by atoms with Gasteiger partial charge in [-0.2, -0.15) is 0 Å². The minimum atomic E-state index is -1.41. The molecule has 1 N–H and O–H groups in total. The summed E-state index contributed by atoms with van der Waals surface area (Å²) in [5.41, 5.74) is 2.89. The highest BCUT2D eigenvalue weighted by molar-refractivity contribution is 7.17. The summed E-state index contributed by atoms with van der Waals surface area (Å²) in [6, 6.07) is 11.6. The summed E-state index contributed by atoms with van der Waals surface area (Å²) in [5, 5.41) is 3.84. The van der Waals surface area contributed by atoms with Gasteiger partial charge in [-0.3, -0.25) is 4.79 Å². The summed E-state index contributed by atoms with van der Waals surface area (Å²) in [5.74, 6) is 0.947. The molecule has 0 aliphatic carbocycles. The maximum Gasteiger partial charge on any atom is 0.235 e. The first-order valence-corrected chi connectivity index (χ1v) is 10.3. The Hall–Kier alpha value is -2.87. The molecule has 0 bridgehead atoms. The van der Waals surface area contributed by atoms with Crippen LogP contribution in [0.25, 0.3) is 0 Å². The Morgan fingerprint density at radius 1 is 1.13 bits per heavy atom. The van der Waals surface area contributed by atoms with Crippen molar-refractivity contribution in [3.05, 3.63) is 64.2 Å². The molecule has 3 rings (SSSR count). The molecule has 154 valence electrons. The van der Waals surface area contributed by atoms with Crippen molar-refractivity contribution in [2.45, 2.75) is 40.1 Å². The van der Waals surface area contributed by atoms with Crippen molar-refractivity contribution in [3.63, 3.8) is 0 Å². The zero-order valence-electron chi connectivity index (χ0n) is 17.2. The third-order valence-electron chi connectivity index (χ3n) is 4.16. The second-order valence-electron chi connectivity index (χ2n) is 6.88. The number of anilines is 2. The maximum atomic E-state index is 12.9. The molecule has 0 saturated heterocycles. The van der Waals surface area contributed by atoms with Crippen LogP contribution in [0, 0.1) is 13.8 Å². The molecule has 0 saturated carbocycles. The van der Waals surface area contributed by atoms with Crippen LogP contribution < -0.4 is 14.8 Å². The number of rotatable bonds is 8. The van der Waals surface area contributed by atoms with Crippen LogP contribution in [0.3, 0.4) is 0 Å². The van der Waals surface area contributed by atoms with Gasteiger partial charge in [-0.05, 0) is 68.8 Å². The van der Waals surface area contributed by atoms with Crippen LogP contribution in [-0.4, -0.2) is 31.0 Å². The summed E-state index contributed by atoms with van der Waals surface area (Å²) >= 11 is 1.28. The van der Waals surface area contributed by atoms with Gasteiger partial charge in [-0.15, -0.1) is 0 Å². The van der Waals surface area contributed by atoms with E-state index in [9.17, 15) is 9.18 Å². The van der Waals surface area contributed by atoms with E-state index < -0.39 is 12.4 Å². The Bertz CT molecular complexity index is 1040. The van der Waals surface area contributed by atoms with Gasteiger partial charge in [-0.1, -0.05) is 11.3 Å². The van der Waals surface area contributed by atoms with E-state index in [1.165, 1.54) is 18.3 Å². The predicted molar refractivity (Wildman–Crippen MR) is 118 cm³/mol. The van der Waals surface area contributed by atoms with Gasteiger partial charge in [-0.25, -0.2) is 9.37 Å². The average Bonchev–Trinajstić information content (AvgIpc) is 3.03. The van der Waals surface area contributed by atoms with Crippen LogP contribution in [0.1, 0.15) is 40.3 Å². The van der Waals surface area contributed by atoms with Crippen molar-refractivity contribution in [1.29, 1.82) is 0 Å². The third kappa shape index (κ3) is 5.39. The summed E-state index contributed by atoms with van der Waals surface area (Å²) in [4.78, 5) is 17.9. The Balaban J connectivity index is 1.75. The number of carbonyl (C=O) groups excluding carboxylic acids is 1. The highest BCUT2D eigenvalue weighted by Crippen LogP contribution is 2.30. The van der Waals surface area contributed by atoms with Crippen molar-refractivity contribution >= 4 is 35.8 Å². The lowest BCUT2D eigenvalue weighted by Crippen LogP contribution is -2.11. The van der Waals surface area contributed by atoms with Crippen molar-refractivity contribution in [2.75, 3.05) is 5.32 Å². The molecular formula is C22H22BFN2O3S. The molecule has 0 amide bonds. The standard InChI is InChI=1S/C22H22BFN2O3S/c1-12-11-17(7-10-19(12)28-14(3)23)26-22-25-13(2)21(30-22)20(27)16-5-8-18(9-6-16)29-15(4)24/h5-11,14-15H,1-4H3,(H,25,26). The Kier molecular flexibility index (Phi) is 6.77. The number of aryl methyl sites for hydroxylation is 2. The van der Waals surface area contributed by atoms with Gasteiger partial charge < -0.3 is 14.8 Å². The van der Waals surface area contributed by atoms with Gasteiger partial charge in [0.15, 0.2) is 5.13 Å². The number of benzene rings is 2. The molecular weight excluding hydrogens is 402 g/mol. The molecule has 3 aromatic rings. The lowest BCUT2D eigenvalue weighted by atomic mass is 10.0. The molecule has 0 aliphatic heterocycles. The van der Waals surface area contributed by atoms with Crippen LogP contribution in [0.15, 0.2) is 42.5 Å². The molecule has 1 aromatic heterocycles. The number of alkyl halides is 1. The van der Waals surface area contributed by atoms with E-state index in [0.29, 0.717) is 27.0 Å². The van der Waals surface area contributed by atoms with Crippen molar-refractivity contribution in [1.82, 2.24) is 4.98 Å². The molecule has 0 aliphatic rings. The molecule has 5 nitrogen and oxygen atoms in total. The molecule has 30 heavy (non-hydrogen) atoms. The number of aromatic nitrogens is 1. The van der Waals surface area contributed by atoms with Gasteiger partial charge >= 0.3 is 0 Å². The summed E-state index contributed by atoms with van der Waals surface area (Å²) in [6.45, 7) is 6.80. The van der Waals surface area contributed by atoms with Gasteiger partial charge in [0.2, 0.25) is 12.1 Å². The smallest absolute Gasteiger partial charge is 0.235 e. The van der Waals surface area contributed by atoms with Crippen molar-refractivity contribution < 1.29 is 18.7 Å². The van der Waals surface area contributed by atoms with Gasteiger partial charge in [0.1, 0.15) is 19.3 Å². The monoisotopic (exact) mass is 424 g/mol. The topological polar surface area (TPSA) is 60.5 Å². The number of nitrogens with zero attached hydrogens (tertiary/aromatic N) is 1. The molecule has 2 radical (unpaired) electrons. The Labute approximate surface area is 180 Å². The van der Waals surface area contributed by atoms with Crippen molar-refractivity contribution in [2.24, 2.45) is 0 Å². The Morgan fingerprint density at radius 2 is 1.83 bits per heavy atom. The quantitative estimate of drug-likeness (QED) is 0.392. The average molecular weight is 424 g/mol. The zero-order chi connectivity index (χ0) is 21.8. The number of hydrogen-bond acceptors (Lipinski definition) is 6. The predicted octanol–water partition coefficient (Wildman–Crippen LogP) is 5.32. The number of ether oxygens (including phenoxy) is 2. The molecule has 2 atom stereocenters. The van der Waals surface area contributed by atoms with E-state index in [-0.39, 0.29) is 5.78 Å². The van der Waals surface area contributed by atoms with Crippen LogP contribution >= 0.6 is 11.3 Å². The summed E-state index contributed by atoms with van der Waals surface area (Å²) in [6.07, 6.45) is -1.41. The largest absolute Gasteiger partial charge is 0.500 e. The van der Waals surface area contributed by atoms with Gasteiger partial charge in [0, 0.05) is 18.2 Å². The molecule has 1 heterocycles. The fourth-order valence-electron chi connectivity index (χ4n) is 2.85.